The highest BCUT2D eigenvalue weighted by atomic mass is 35.5. The number of phenols is 1. The zero-order valence-electron chi connectivity index (χ0n) is 17.7. The summed E-state index contributed by atoms with van der Waals surface area (Å²) in [6.07, 6.45) is 4.31. The van der Waals surface area contributed by atoms with E-state index in [1.54, 1.807) is 12.1 Å². The first-order chi connectivity index (χ1) is 15.5. The van der Waals surface area contributed by atoms with Crippen LogP contribution in [0.2, 0.25) is 5.02 Å². The van der Waals surface area contributed by atoms with E-state index >= 15 is 4.39 Å². The van der Waals surface area contributed by atoms with Gasteiger partial charge in [-0.3, -0.25) is 0 Å². The Bertz CT molecular complexity index is 1220. The maximum atomic E-state index is 16.0. The van der Waals surface area contributed by atoms with Crippen molar-refractivity contribution in [2.45, 2.75) is 43.7 Å². The van der Waals surface area contributed by atoms with Crippen LogP contribution in [0, 0.1) is 5.82 Å². The van der Waals surface area contributed by atoms with E-state index in [1.807, 2.05) is 6.07 Å². The normalized spacial score (nSPS) is 22.5. The van der Waals surface area contributed by atoms with Crippen molar-refractivity contribution in [3.8, 4) is 22.9 Å². The van der Waals surface area contributed by atoms with Gasteiger partial charge in [-0.25, -0.2) is 4.39 Å². The summed E-state index contributed by atoms with van der Waals surface area (Å²) < 4.78 is 21.4. The molecule has 2 N–H and O–H groups in total. The Morgan fingerprint density at radius 3 is 2.53 bits per heavy atom. The van der Waals surface area contributed by atoms with Crippen molar-refractivity contribution in [1.29, 1.82) is 0 Å². The second-order valence-electron chi connectivity index (χ2n) is 9.06. The molecule has 2 atom stereocenters. The predicted molar refractivity (Wildman–Crippen MR) is 122 cm³/mol. The molecule has 1 aliphatic carbocycles. The lowest BCUT2D eigenvalue weighted by Crippen LogP contribution is -2.51. The highest BCUT2D eigenvalue weighted by Gasteiger charge is 2.34. The van der Waals surface area contributed by atoms with Crippen LogP contribution in [0.5, 0.6) is 11.8 Å². The first kappa shape index (κ1) is 20.0. The van der Waals surface area contributed by atoms with Gasteiger partial charge in [0.1, 0.15) is 17.1 Å². The molecule has 3 heterocycles. The smallest absolute Gasteiger partial charge is 0.318 e. The molecular weight excluding hydrogens is 431 g/mol. The molecule has 3 aliphatic rings. The molecule has 0 amide bonds. The van der Waals surface area contributed by atoms with E-state index in [9.17, 15) is 5.11 Å². The predicted octanol–water partition coefficient (Wildman–Crippen LogP) is 4.62. The number of halogens is 2. The van der Waals surface area contributed by atoms with Crippen molar-refractivity contribution >= 4 is 28.3 Å². The Kier molecular flexibility index (Phi) is 4.66. The quantitative estimate of drug-likeness (QED) is 0.599. The van der Waals surface area contributed by atoms with Crippen LogP contribution in [0.15, 0.2) is 24.3 Å². The van der Waals surface area contributed by atoms with Crippen molar-refractivity contribution < 1.29 is 14.2 Å². The maximum Gasteiger partial charge on any atom is 0.318 e. The van der Waals surface area contributed by atoms with Crippen LogP contribution < -0.4 is 15.0 Å². The zero-order chi connectivity index (χ0) is 22.0. The molecule has 3 aromatic rings. The van der Waals surface area contributed by atoms with Gasteiger partial charge in [0.15, 0.2) is 5.82 Å². The second-order valence-corrected chi connectivity index (χ2v) is 9.47. The van der Waals surface area contributed by atoms with Gasteiger partial charge in [0.05, 0.1) is 7.11 Å². The molecule has 1 saturated carbocycles. The van der Waals surface area contributed by atoms with E-state index in [2.05, 4.69) is 20.2 Å². The number of hydrogen-bond acceptors (Lipinski definition) is 6. The number of piperazine rings is 1. The minimum Gasteiger partial charge on any atom is -0.508 e. The van der Waals surface area contributed by atoms with Crippen LogP contribution in [0.1, 0.15) is 37.2 Å². The monoisotopic (exact) mass is 454 g/mol. The average Bonchev–Trinajstić information content (AvgIpc) is 3.56. The van der Waals surface area contributed by atoms with Gasteiger partial charge in [0.2, 0.25) is 0 Å². The SMILES string of the molecule is COc1nc(N2CC3CCC(C2)N3)c2ccc(-c3cc(O)cc(Cl)c3C3CC3)c(F)c2n1. The minimum absolute atomic E-state index is 0.0196. The fourth-order valence-electron chi connectivity index (χ4n) is 5.25. The number of fused-ring (bicyclic) bond motifs is 3. The second kappa shape index (κ2) is 7.46. The van der Waals surface area contributed by atoms with Crippen LogP contribution in [0.3, 0.4) is 0 Å². The van der Waals surface area contributed by atoms with Crippen molar-refractivity contribution in [3.05, 3.63) is 40.7 Å². The van der Waals surface area contributed by atoms with E-state index in [1.165, 1.54) is 13.2 Å². The lowest BCUT2D eigenvalue weighted by atomic mass is 9.94. The van der Waals surface area contributed by atoms with E-state index < -0.39 is 5.82 Å². The summed E-state index contributed by atoms with van der Waals surface area (Å²) in [6.45, 7) is 1.65. The van der Waals surface area contributed by atoms with Gasteiger partial charge in [-0.05, 0) is 60.9 Å². The standard InChI is InChI=1S/C24H24ClFN4O2/c1-32-24-28-22-17(23(29-24)30-10-13-4-5-14(11-30)27-13)7-6-16(21(22)26)18-8-15(31)9-19(25)20(18)12-2-3-12/h6-9,12-14,27,31H,2-5,10-11H2,1H3. The number of methoxy groups -OCH3 is 1. The number of anilines is 1. The molecule has 32 heavy (non-hydrogen) atoms. The number of hydrogen-bond donors (Lipinski definition) is 2. The van der Waals surface area contributed by atoms with E-state index in [0.717, 1.165) is 44.3 Å². The third-order valence-corrected chi connectivity index (χ3v) is 7.17. The molecule has 6 nitrogen and oxygen atoms in total. The van der Waals surface area contributed by atoms with Crippen molar-refractivity contribution in [3.63, 3.8) is 0 Å². The summed E-state index contributed by atoms with van der Waals surface area (Å²) in [5.74, 6) is 0.560. The molecule has 6 rings (SSSR count). The van der Waals surface area contributed by atoms with Crippen molar-refractivity contribution in [2.75, 3.05) is 25.1 Å². The molecule has 0 spiro atoms. The van der Waals surface area contributed by atoms with Gasteiger partial charge in [-0.15, -0.1) is 0 Å². The third-order valence-electron chi connectivity index (χ3n) is 6.85. The summed E-state index contributed by atoms with van der Waals surface area (Å²) in [5.41, 5.74) is 2.11. The molecule has 2 unspecified atom stereocenters. The summed E-state index contributed by atoms with van der Waals surface area (Å²) in [4.78, 5) is 11.2. The van der Waals surface area contributed by atoms with Crippen LogP contribution in [0.4, 0.5) is 10.2 Å². The lowest BCUT2D eigenvalue weighted by Gasteiger charge is -2.34. The first-order valence-electron chi connectivity index (χ1n) is 11.1. The van der Waals surface area contributed by atoms with Crippen LogP contribution >= 0.6 is 11.6 Å². The highest BCUT2D eigenvalue weighted by molar-refractivity contribution is 6.32. The van der Waals surface area contributed by atoms with Gasteiger partial charge in [-0.2, -0.15) is 9.97 Å². The lowest BCUT2D eigenvalue weighted by molar-refractivity contribution is 0.380. The van der Waals surface area contributed by atoms with E-state index in [-0.39, 0.29) is 17.3 Å². The zero-order valence-corrected chi connectivity index (χ0v) is 18.5. The van der Waals surface area contributed by atoms with Crippen molar-refractivity contribution in [2.24, 2.45) is 0 Å². The molecule has 166 valence electrons. The van der Waals surface area contributed by atoms with Gasteiger partial charge in [-0.1, -0.05) is 17.7 Å². The fraction of sp³-hybridized carbons (Fsp3) is 0.417. The fourth-order valence-corrected chi connectivity index (χ4v) is 5.62. The Morgan fingerprint density at radius 2 is 1.84 bits per heavy atom. The molecule has 2 aliphatic heterocycles. The average molecular weight is 455 g/mol. The third kappa shape index (κ3) is 3.26. The summed E-state index contributed by atoms with van der Waals surface area (Å²) in [6, 6.07) is 7.74. The van der Waals surface area contributed by atoms with Gasteiger partial charge in [0.25, 0.3) is 0 Å². The number of aromatic nitrogens is 2. The maximum absolute atomic E-state index is 16.0. The number of benzene rings is 2. The number of rotatable bonds is 4. The van der Waals surface area contributed by atoms with E-state index in [0.29, 0.717) is 45.4 Å². The largest absolute Gasteiger partial charge is 0.508 e. The minimum atomic E-state index is -0.453. The Morgan fingerprint density at radius 1 is 1.09 bits per heavy atom. The Labute approximate surface area is 190 Å². The molecule has 2 aromatic carbocycles. The summed E-state index contributed by atoms with van der Waals surface area (Å²) in [5, 5.41) is 14.9. The number of ether oxygens (including phenoxy) is 1. The first-order valence-corrected chi connectivity index (χ1v) is 11.5. The van der Waals surface area contributed by atoms with Crippen LogP contribution in [-0.2, 0) is 0 Å². The molecule has 2 saturated heterocycles. The highest BCUT2D eigenvalue weighted by Crippen LogP contribution is 2.49. The molecule has 2 bridgehead atoms. The number of nitrogens with one attached hydrogen (secondary N) is 1. The Hall–Kier alpha value is -2.64. The van der Waals surface area contributed by atoms with E-state index in [4.69, 9.17) is 16.3 Å². The molecular formula is C24H24ClFN4O2. The number of aromatic hydroxyl groups is 1. The number of nitrogens with zero attached hydrogens (tertiary/aromatic N) is 3. The molecule has 0 radical (unpaired) electrons. The Balaban J connectivity index is 1.53. The molecule has 8 heteroatoms. The molecule has 3 fully saturated rings. The van der Waals surface area contributed by atoms with Gasteiger partial charge < -0.3 is 20.1 Å². The van der Waals surface area contributed by atoms with Gasteiger partial charge in [0, 0.05) is 41.1 Å². The topological polar surface area (TPSA) is 70.5 Å². The van der Waals surface area contributed by atoms with Gasteiger partial charge >= 0.3 is 6.01 Å². The molecule has 1 aromatic heterocycles. The van der Waals surface area contributed by atoms with Crippen LogP contribution in [0.25, 0.3) is 22.0 Å². The summed E-state index contributed by atoms with van der Waals surface area (Å²) in [7, 11) is 1.49. The summed E-state index contributed by atoms with van der Waals surface area (Å²) >= 11 is 6.46. The number of phenolic OH excluding ortho intramolecular Hbond substituents is 1. The van der Waals surface area contributed by atoms with Crippen LogP contribution in [-0.4, -0.2) is 47.4 Å². The van der Waals surface area contributed by atoms with Crippen molar-refractivity contribution in [1.82, 2.24) is 15.3 Å².